The van der Waals surface area contributed by atoms with Crippen molar-refractivity contribution in [2.45, 2.75) is 0 Å². The summed E-state index contributed by atoms with van der Waals surface area (Å²) < 4.78 is 6.39. The second-order valence-corrected chi connectivity index (χ2v) is 8.98. The van der Waals surface area contributed by atoms with Gasteiger partial charge >= 0.3 is 0 Å². The van der Waals surface area contributed by atoms with Crippen LogP contribution in [0.4, 0.5) is 0 Å². The smallest absolute Gasteiger partial charge is 0.128 e. The zero-order valence-electron chi connectivity index (χ0n) is 20.4. The van der Waals surface area contributed by atoms with Crippen LogP contribution in [0.25, 0.3) is 44.5 Å². The molecular formula is C36H26O. The van der Waals surface area contributed by atoms with Gasteiger partial charge in [0, 0.05) is 0 Å². The molecule has 0 unspecified atom stereocenters. The molecule has 1 heteroatoms. The Morgan fingerprint density at radius 3 is 1.00 bits per heavy atom. The number of hydrogen-bond acceptors (Lipinski definition) is 1. The minimum Gasteiger partial charge on any atom is -0.457 e. The molecule has 0 spiro atoms. The van der Waals surface area contributed by atoms with Gasteiger partial charge in [0.1, 0.15) is 11.5 Å². The van der Waals surface area contributed by atoms with Crippen LogP contribution < -0.4 is 4.74 Å². The van der Waals surface area contributed by atoms with E-state index in [1.807, 2.05) is 24.3 Å². The lowest BCUT2D eigenvalue weighted by Crippen LogP contribution is -1.89. The number of ether oxygens (including phenoxy) is 1. The summed E-state index contributed by atoms with van der Waals surface area (Å²) in [7, 11) is 0. The number of hydrogen-bond donors (Lipinski definition) is 0. The van der Waals surface area contributed by atoms with Crippen molar-refractivity contribution in [2.75, 3.05) is 0 Å². The second-order valence-electron chi connectivity index (χ2n) is 8.98. The van der Waals surface area contributed by atoms with Gasteiger partial charge in [-0.2, -0.15) is 0 Å². The van der Waals surface area contributed by atoms with Crippen LogP contribution >= 0.6 is 0 Å². The molecule has 176 valence electrons. The Hall–Kier alpha value is -4.88. The molecule has 37 heavy (non-hydrogen) atoms. The Morgan fingerprint density at radius 1 is 0.270 bits per heavy atom. The molecule has 0 bridgehead atoms. The van der Waals surface area contributed by atoms with E-state index in [1.165, 1.54) is 33.4 Å². The lowest BCUT2D eigenvalue weighted by Gasteiger charge is -2.13. The zero-order chi connectivity index (χ0) is 24.9. The van der Waals surface area contributed by atoms with Crippen molar-refractivity contribution in [1.29, 1.82) is 0 Å². The standard InChI is InChI=1S/C36H26O/c1-3-13-27(14-4-1)33-21-7-9-23-35(33)29-17-11-19-31(25-29)37-32-20-12-18-30(26-32)36-24-10-8-22-34(36)28-15-5-2-6-16-28/h1-26H. The van der Waals surface area contributed by atoms with E-state index in [0.717, 1.165) is 22.6 Å². The number of rotatable bonds is 6. The topological polar surface area (TPSA) is 9.23 Å². The summed E-state index contributed by atoms with van der Waals surface area (Å²) in [4.78, 5) is 0. The number of benzene rings is 6. The SMILES string of the molecule is c1ccc(-c2ccccc2-c2cccc(Oc3cccc(-c4ccccc4-c4ccccc4)c3)c2)cc1. The summed E-state index contributed by atoms with van der Waals surface area (Å²) in [6.45, 7) is 0. The first-order chi connectivity index (χ1) is 18.3. The highest BCUT2D eigenvalue weighted by molar-refractivity contribution is 5.85. The Labute approximate surface area is 218 Å². The minimum atomic E-state index is 0.814. The predicted molar refractivity (Wildman–Crippen MR) is 155 cm³/mol. The van der Waals surface area contributed by atoms with Gasteiger partial charge in [0.15, 0.2) is 0 Å². The summed E-state index contributed by atoms with van der Waals surface area (Å²) in [5, 5.41) is 0. The van der Waals surface area contributed by atoms with Crippen LogP contribution in [0.5, 0.6) is 11.5 Å². The third-order valence-electron chi connectivity index (χ3n) is 6.55. The fraction of sp³-hybridized carbons (Fsp3) is 0. The normalized spacial score (nSPS) is 10.7. The molecule has 0 amide bonds. The van der Waals surface area contributed by atoms with Crippen molar-refractivity contribution >= 4 is 0 Å². The van der Waals surface area contributed by atoms with Gasteiger partial charge in [-0.05, 0) is 68.8 Å². The Bertz CT molecular complexity index is 1510. The first kappa shape index (κ1) is 22.6. The summed E-state index contributed by atoms with van der Waals surface area (Å²) in [6, 6.07) is 54.7. The van der Waals surface area contributed by atoms with E-state index in [4.69, 9.17) is 4.74 Å². The van der Waals surface area contributed by atoms with E-state index in [0.29, 0.717) is 0 Å². The fourth-order valence-electron chi connectivity index (χ4n) is 4.80. The van der Waals surface area contributed by atoms with Gasteiger partial charge in [-0.15, -0.1) is 0 Å². The van der Waals surface area contributed by atoms with E-state index >= 15 is 0 Å². The molecule has 6 aromatic carbocycles. The van der Waals surface area contributed by atoms with Crippen LogP contribution in [0.2, 0.25) is 0 Å². The molecule has 0 aromatic heterocycles. The van der Waals surface area contributed by atoms with Crippen LogP contribution in [-0.2, 0) is 0 Å². The predicted octanol–water partition coefficient (Wildman–Crippen LogP) is 10.1. The maximum Gasteiger partial charge on any atom is 0.128 e. The molecule has 0 N–H and O–H groups in total. The monoisotopic (exact) mass is 474 g/mol. The van der Waals surface area contributed by atoms with Crippen molar-refractivity contribution in [2.24, 2.45) is 0 Å². The third kappa shape index (κ3) is 4.94. The van der Waals surface area contributed by atoms with Gasteiger partial charge in [-0.3, -0.25) is 0 Å². The van der Waals surface area contributed by atoms with E-state index in [1.54, 1.807) is 0 Å². The maximum absolute atomic E-state index is 6.39. The quantitative estimate of drug-likeness (QED) is 0.233. The van der Waals surface area contributed by atoms with E-state index in [9.17, 15) is 0 Å². The van der Waals surface area contributed by atoms with Crippen molar-refractivity contribution in [3.05, 3.63) is 158 Å². The Morgan fingerprint density at radius 2 is 0.595 bits per heavy atom. The van der Waals surface area contributed by atoms with Gasteiger partial charge < -0.3 is 4.74 Å². The maximum atomic E-state index is 6.39. The highest BCUT2D eigenvalue weighted by atomic mass is 16.5. The summed E-state index contributed by atoms with van der Waals surface area (Å²) in [5.74, 6) is 1.63. The van der Waals surface area contributed by atoms with Crippen molar-refractivity contribution in [1.82, 2.24) is 0 Å². The van der Waals surface area contributed by atoms with Crippen LogP contribution in [-0.4, -0.2) is 0 Å². The highest BCUT2D eigenvalue weighted by Crippen LogP contribution is 2.36. The molecule has 0 fully saturated rings. The molecule has 6 rings (SSSR count). The zero-order valence-corrected chi connectivity index (χ0v) is 20.4. The average molecular weight is 475 g/mol. The van der Waals surface area contributed by atoms with Crippen LogP contribution in [0.15, 0.2) is 158 Å². The third-order valence-corrected chi connectivity index (χ3v) is 6.55. The molecular weight excluding hydrogens is 448 g/mol. The van der Waals surface area contributed by atoms with Crippen LogP contribution in [0.3, 0.4) is 0 Å². The largest absolute Gasteiger partial charge is 0.457 e. The van der Waals surface area contributed by atoms with Gasteiger partial charge in [-0.25, -0.2) is 0 Å². The van der Waals surface area contributed by atoms with Crippen molar-refractivity contribution in [3.8, 4) is 56.0 Å². The molecule has 6 aromatic rings. The summed E-state index contributed by atoms with van der Waals surface area (Å²) >= 11 is 0. The lowest BCUT2D eigenvalue weighted by molar-refractivity contribution is 0.483. The second kappa shape index (κ2) is 10.4. The molecule has 0 saturated heterocycles. The van der Waals surface area contributed by atoms with Gasteiger partial charge in [0.25, 0.3) is 0 Å². The first-order valence-electron chi connectivity index (χ1n) is 12.5. The van der Waals surface area contributed by atoms with E-state index in [2.05, 4.69) is 133 Å². The van der Waals surface area contributed by atoms with E-state index in [-0.39, 0.29) is 0 Å². The van der Waals surface area contributed by atoms with Crippen LogP contribution in [0, 0.1) is 0 Å². The first-order valence-corrected chi connectivity index (χ1v) is 12.5. The average Bonchev–Trinajstić information content (AvgIpc) is 2.98. The molecule has 1 nitrogen and oxygen atoms in total. The minimum absolute atomic E-state index is 0.814. The van der Waals surface area contributed by atoms with Gasteiger partial charge in [0.2, 0.25) is 0 Å². The summed E-state index contributed by atoms with van der Waals surface area (Å²) in [5.41, 5.74) is 9.45. The molecule has 0 aliphatic carbocycles. The van der Waals surface area contributed by atoms with Crippen molar-refractivity contribution in [3.63, 3.8) is 0 Å². The lowest BCUT2D eigenvalue weighted by atomic mass is 9.94. The van der Waals surface area contributed by atoms with Crippen molar-refractivity contribution < 1.29 is 4.74 Å². The molecule has 0 heterocycles. The fourth-order valence-corrected chi connectivity index (χ4v) is 4.80. The molecule has 0 atom stereocenters. The molecule has 0 aliphatic rings. The molecule has 0 saturated carbocycles. The van der Waals surface area contributed by atoms with Crippen LogP contribution in [0.1, 0.15) is 0 Å². The highest BCUT2D eigenvalue weighted by Gasteiger charge is 2.10. The Balaban J connectivity index is 1.32. The van der Waals surface area contributed by atoms with Gasteiger partial charge in [-0.1, -0.05) is 133 Å². The Kier molecular flexibility index (Phi) is 6.34. The molecule has 0 aliphatic heterocycles. The van der Waals surface area contributed by atoms with E-state index < -0.39 is 0 Å². The molecule has 0 radical (unpaired) electrons. The van der Waals surface area contributed by atoms with Gasteiger partial charge in [0.05, 0.1) is 0 Å². The summed E-state index contributed by atoms with van der Waals surface area (Å²) in [6.07, 6.45) is 0.